The zero-order valence-electron chi connectivity index (χ0n) is 26.1. The predicted molar refractivity (Wildman–Crippen MR) is 184 cm³/mol. The molecule has 1 amide bonds. The molecule has 1 aliphatic heterocycles. The van der Waals surface area contributed by atoms with E-state index in [0.717, 1.165) is 52.9 Å². The predicted octanol–water partition coefficient (Wildman–Crippen LogP) is 8.70. The summed E-state index contributed by atoms with van der Waals surface area (Å²) in [6.07, 6.45) is 2.58. The van der Waals surface area contributed by atoms with Crippen LogP contribution in [0.2, 0.25) is 0 Å². The van der Waals surface area contributed by atoms with Crippen LogP contribution in [-0.2, 0) is 11.2 Å². The molecule has 3 heterocycles. The maximum absolute atomic E-state index is 12.5. The molecule has 1 fully saturated rings. The van der Waals surface area contributed by atoms with Crippen molar-refractivity contribution >= 4 is 33.7 Å². The Balaban J connectivity index is 1.11. The van der Waals surface area contributed by atoms with Crippen molar-refractivity contribution in [3.05, 3.63) is 120 Å². The second kappa shape index (κ2) is 11.8. The fourth-order valence-electron chi connectivity index (χ4n) is 6.21. The van der Waals surface area contributed by atoms with E-state index in [1.54, 1.807) is 4.90 Å². The van der Waals surface area contributed by atoms with Crippen LogP contribution in [0, 0.1) is 0 Å². The Labute approximate surface area is 264 Å². The highest BCUT2D eigenvalue weighted by molar-refractivity contribution is 6.13. The van der Waals surface area contributed by atoms with Gasteiger partial charge in [-0.3, -0.25) is 0 Å². The minimum atomic E-state index is -0.480. The van der Waals surface area contributed by atoms with Crippen LogP contribution in [0.1, 0.15) is 31.9 Å². The normalized spacial score (nSPS) is 13.8. The number of aromatic nitrogens is 2. The summed E-state index contributed by atoms with van der Waals surface area (Å²) in [7, 11) is 0. The zero-order valence-corrected chi connectivity index (χ0v) is 26.1. The van der Waals surface area contributed by atoms with E-state index in [1.807, 2.05) is 27.0 Å². The first-order valence-electron chi connectivity index (χ1n) is 15.7. The van der Waals surface area contributed by atoms with Gasteiger partial charge in [-0.05, 0) is 90.9 Å². The molecule has 0 aliphatic carbocycles. The SMILES string of the molecule is CC(C)(C)OC(=O)N1CCN(c2ccc(-c3ccc4[nH]c5nccc(-c6ccc(Cc7ccccc7)cc6)c5c4c3)cc2)CC1. The van der Waals surface area contributed by atoms with Crippen LogP contribution in [0.25, 0.3) is 44.2 Å². The van der Waals surface area contributed by atoms with Gasteiger partial charge in [-0.1, -0.05) is 72.8 Å². The van der Waals surface area contributed by atoms with Gasteiger partial charge in [-0.15, -0.1) is 0 Å². The lowest BCUT2D eigenvalue weighted by Crippen LogP contribution is -2.50. The van der Waals surface area contributed by atoms with Gasteiger partial charge in [-0.2, -0.15) is 0 Å². The minimum absolute atomic E-state index is 0.233. The number of ether oxygens (including phenoxy) is 1. The first kappa shape index (κ1) is 28.7. The largest absolute Gasteiger partial charge is 0.444 e. The number of pyridine rings is 1. The van der Waals surface area contributed by atoms with Crippen molar-refractivity contribution < 1.29 is 9.53 Å². The number of H-pyrrole nitrogens is 1. The Hall–Kier alpha value is -5.10. The molecule has 0 unspecified atom stereocenters. The molecule has 45 heavy (non-hydrogen) atoms. The summed E-state index contributed by atoms with van der Waals surface area (Å²) in [5.41, 5.74) is 9.96. The smallest absolute Gasteiger partial charge is 0.410 e. The number of nitrogens with zero attached hydrogens (tertiary/aromatic N) is 3. The maximum atomic E-state index is 12.5. The van der Waals surface area contributed by atoms with E-state index in [9.17, 15) is 4.79 Å². The van der Waals surface area contributed by atoms with Gasteiger partial charge in [-0.25, -0.2) is 9.78 Å². The number of carbonyl (C=O) groups excluding carboxylic acids is 1. The summed E-state index contributed by atoms with van der Waals surface area (Å²) in [5, 5.41) is 2.31. The van der Waals surface area contributed by atoms with Gasteiger partial charge in [0, 0.05) is 54.4 Å². The standard InChI is InChI=1S/C39H38N4O2/c1-39(2,3)45-38(44)43-23-21-42(22-24-43)32-16-13-29(14-17-32)31-15-18-35-34(26-31)36-33(19-20-40-37(36)41-35)30-11-9-28(10-12-30)25-27-7-5-4-6-8-27/h4-20,26H,21-25H2,1-3H3,(H,40,41). The maximum Gasteiger partial charge on any atom is 0.410 e. The van der Waals surface area contributed by atoms with E-state index < -0.39 is 5.60 Å². The minimum Gasteiger partial charge on any atom is -0.444 e. The molecule has 6 nitrogen and oxygen atoms in total. The quantitative estimate of drug-likeness (QED) is 0.217. The van der Waals surface area contributed by atoms with E-state index in [4.69, 9.17) is 4.74 Å². The number of hydrogen-bond donors (Lipinski definition) is 1. The molecule has 0 radical (unpaired) electrons. The molecule has 7 rings (SSSR count). The van der Waals surface area contributed by atoms with Crippen molar-refractivity contribution in [1.29, 1.82) is 0 Å². The lowest BCUT2D eigenvalue weighted by Gasteiger charge is -2.36. The number of anilines is 1. The zero-order chi connectivity index (χ0) is 31.0. The highest BCUT2D eigenvalue weighted by atomic mass is 16.6. The third kappa shape index (κ3) is 6.14. The van der Waals surface area contributed by atoms with Gasteiger partial charge in [0.1, 0.15) is 11.2 Å². The van der Waals surface area contributed by atoms with Crippen molar-refractivity contribution in [3.63, 3.8) is 0 Å². The van der Waals surface area contributed by atoms with Crippen molar-refractivity contribution in [2.45, 2.75) is 32.8 Å². The molecule has 2 aromatic heterocycles. The molecular weight excluding hydrogens is 556 g/mol. The van der Waals surface area contributed by atoms with Crippen molar-refractivity contribution in [2.24, 2.45) is 0 Å². The summed E-state index contributed by atoms with van der Waals surface area (Å²) in [6.45, 7) is 8.58. The van der Waals surface area contributed by atoms with Crippen LogP contribution in [0.5, 0.6) is 0 Å². The number of hydrogen-bond acceptors (Lipinski definition) is 4. The van der Waals surface area contributed by atoms with E-state index in [1.165, 1.54) is 27.6 Å². The molecule has 6 aromatic rings. The number of rotatable bonds is 5. The molecule has 4 aromatic carbocycles. The molecule has 0 saturated carbocycles. The monoisotopic (exact) mass is 594 g/mol. The number of amides is 1. The average Bonchev–Trinajstić information content (AvgIpc) is 3.43. The number of nitrogens with one attached hydrogen (secondary N) is 1. The Kier molecular flexibility index (Phi) is 7.50. The summed E-state index contributed by atoms with van der Waals surface area (Å²) < 4.78 is 5.55. The van der Waals surface area contributed by atoms with Crippen molar-refractivity contribution in [2.75, 3.05) is 31.1 Å². The molecule has 1 aliphatic rings. The van der Waals surface area contributed by atoms with Gasteiger partial charge < -0.3 is 19.5 Å². The number of piperazine rings is 1. The summed E-state index contributed by atoms with van der Waals surface area (Å²) in [5.74, 6) is 0. The molecular formula is C39H38N4O2. The Morgan fingerprint density at radius 3 is 2.16 bits per heavy atom. The van der Waals surface area contributed by atoms with Crippen molar-refractivity contribution in [3.8, 4) is 22.3 Å². The van der Waals surface area contributed by atoms with E-state index in [0.29, 0.717) is 13.1 Å². The fourth-order valence-corrected chi connectivity index (χ4v) is 6.21. The summed E-state index contributed by atoms with van der Waals surface area (Å²) in [4.78, 5) is 24.8. The Morgan fingerprint density at radius 1 is 0.778 bits per heavy atom. The molecule has 6 heteroatoms. The molecule has 0 bridgehead atoms. The van der Waals surface area contributed by atoms with E-state index in [-0.39, 0.29) is 6.09 Å². The van der Waals surface area contributed by atoms with E-state index >= 15 is 0 Å². The number of aromatic amines is 1. The number of carbonyl (C=O) groups is 1. The second-order valence-corrected chi connectivity index (χ2v) is 12.8. The van der Waals surface area contributed by atoms with Crippen LogP contribution in [0.15, 0.2) is 109 Å². The van der Waals surface area contributed by atoms with Crippen LogP contribution >= 0.6 is 0 Å². The van der Waals surface area contributed by atoms with Gasteiger partial charge in [0.2, 0.25) is 0 Å². The fraction of sp³-hybridized carbons (Fsp3) is 0.231. The second-order valence-electron chi connectivity index (χ2n) is 12.8. The first-order chi connectivity index (χ1) is 21.8. The average molecular weight is 595 g/mol. The molecule has 0 spiro atoms. The Morgan fingerprint density at radius 2 is 1.44 bits per heavy atom. The van der Waals surface area contributed by atoms with Crippen molar-refractivity contribution in [1.82, 2.24) is 14.9 Å². The van der Waals surface area contributed by atoms with E-state index in [2.05, 4.69) is 118 Å². The van der Waals surface area contributed by atoms with Crippen LogP contribution < -0.4 is 4.90 Å². The lowest BCUT2D eigenvalue weighted by molar-refractivity contribution is 0.0240. The third-order valence-electron chi connectivity index (χ3n) is 8.51. The van der Waals surface area contributed by atoms with Gasteiger partial charge in [0.05, 0.1) is 0 Å². The van der Waals surface area contributed by atoms with Crippen LogP contribution in [-0.4, -0.2) is 52.7 Å². The molecule has 1 N–H and O–H groups in total. The summed E-state index contributed by atoms with van der Waals surface area (Å²) >= 11 is 0. The lowest BCUT2D eigenvalue weighted by atomic mass is 9.97. The molecule has 0 atom stereocenters. The van der Waals surface area contributed by atoms with Gasteiger partial charge >= 0.3 is 6.09 Å². The molecule has 226 valence electrons. The number of fused-ring (bicyclic) bond motifs is 3. The first-order valence-corrected chi connectivity index (χ1v) is 15.7. The van der Waals surface area contributed by atoms with Crippen LogP contribution in [0.3, 0.4) is 0 Å². The Bertz CT molecular complexity index is 1950. The number of benzene rings is 4. The van der Waals surface area contributed by atoms with Gasteiger partial charge in [0.25, 0.3) is 0 Å². The highest BCUT2D eigenvalue weighted by Gasteiger charge is 2.26. The topological polar surface area (TPSA) is 61.5 Å². The third-order valence-corrected chi connectivity index (χ3v) is 8.51. The van der Waals surface area contributed by atoms with Gasteiger partial charge in [0.15, 0.2) is 0 Å². The van der Waals surface area contributed by atoms with Crippen LogP contribution in [0.4, 0.5) is 10.5 Å². The highest BCUT2D eigenvalue weighted by Crippen LogP contribution is 2.36. The summed E-state index contributed by atoms with van der Waals surface area (Å²) in [6, 6.07) is 37.0. The molecule has 1 saturated heterocycles.